The highest BCUT2D eigenvalue weighted by atomic mass is 32.2. The van der Waals surface area contributed by atoms with Crippen molar-refractivity contribution >= 4 is 21.9 Å². The molecule has 1 atom stereocenters. The van der Waals surface area contributed by atoms with Crippen molar-refractivity contribution in [1.29, 1.82) is 0 Å². The summed E-state index contributed by atoms with van der Waals surface area (Å²) < 4.78 is 30.7. The molecule has 216 valence electrons. The van der Waals surface area contributed by atoms with Crippen LogP contribution >= 0.6 is 0 Å². The molecule has 7 nitrogen and oxygen atoms in total. The SMILES string of the molecule is CC(C)(C)c1ccc(C(Cc2ccc(C(=O)NCCS(=O)(=O)O)cc2)C(=O)NC2C3CC4CC(C3)CC2C4)cc1. The fraction of sp³-hybridized carbons (Fsp3) is 0.562. The van der Waals surface area contributed by atoms with Gasteiger partial charge in [0.15, 0.2) is 0 Å². The Bertz CT molecular complexity index is 1300. The molecule has 4 bridgehead atoms. The van der Waals surface area contributed by atoms with E-state index < -0.39 is 21.8 Å². The lowest BCUT2D eigenvalue weighted by Gasteiger charge is -2.54. The van der Waals surface area contributed by atoms with E-state index >= 15 is 0 Å². The standard InChI is InChI=1S/C32H42N2O5S/c1-32(2,3)27-10-8-23(9-11-27)28(31(36)34-29-25-15-21-14-22(17-25)18-26(29)16-21)19-20-4-6-24(7-5-20)30(35)33-12-13-40(37,38)39/h4-11,21-22,25-26,28-29H,12-19H2,1-3H3,(H,33,35)(H,34,36)(H,37,38,39). The minimum Gasteiger partial charge on any atom is -0.352 e. The molecular weight excluding hydrogens is 524 g/mol. The highest BCUT2D eigenvalue weighted by molar-refractivity contribution is 7.85. The van der Waals surface area contributed by atoms with E-state index in [1.54, 1.807) is 12.1 Å². The van der Waals surface area contributed by atoms with E-state index in [9.17, 15) is 18.0 Å². The maximum absolute atomic E-state index is 14.0. The Kier molecular flexibility index (Phi) is 8.13. The quantitative estimate of drug-likeness (QED) is 0.375. The zero-order valence-electron chi connectivity index (χ0n) is 23.7. The van der Waals surface area contributed by atoms with Crippen LogP contribution in [0.4, 0.5) is 0 Å². The topological polar surface area (TPSA) is 113 Å². The molecule has 3 N–H and O–H groups in total. The van der Waals surface area contributed by atoms with Gasteiger partial charge in [-0.15, -0.1) is 0 Å². The first kappa shape index (κ1) is 28.8. The van der Waals surface area contributed by atoms with Crippen LogP contribution in [-0.4, -0.2) is 43.1 Å². The smallest absolute Gasteiger partial charge is 0.266 e. The molecule has 40 heavy (non-hydrogen) atoms. The van der Waals surface area contributed by atoms with Crippen molar-refractivity contribution in [2.24, 2.45) is 23.7 Å². The molecule has 0 aromatic heterocycles. The second kappa shape index (κ2) is 11.3. The van der Waals surface area contributed by atoms with Gasteiger partial charge >= 0.3 is 0 Å². The Balaban J connectivity index is 1.31. The Morgan fingerprint density at radius 3 is 2.00 bits per heavy atom. The highest BCUT2D eigenvalue weighted by Crippen LogP contribution is 2.53. The van der Waals surface area contributed by atoms with Gasteiger partial charge in [0.25, 0.3) is 16.0 Å². The zero-order valence-corrected chi connectivity index (χ0v) is 24.5. The average molecular weight is 567 g/mol. The van der Waals surface area contributed by atoms with Crippen molar-refractivity contribution in [3.05, 3.63) is 70.8 Å². The number of carbonyl (C=O) groups excluding carboxylic acids is 2. The molecule has 8 heteroatoms. The second-order valence-electron chi connectivity index (χ2n) is 13.3. The summed E-state index contributed by atoms with van der Waals surface area (Å²) in [5.41, 5.74) is 3.57. The van der Waals surface area contributed by atoms with Crippen LogP contribution in [0, 0.1) is 23.7 Å². The van der Waals surface area contributed by atoms with Crippen LogP contribution in [0.5, 0.6) is 0 Å². The fourth-order valence-corrected chi connectivity index (χ4v) is 7.79. The summed E-state index contributed by atoms with van der Waals surface area (Å²) in [6.07, 6.45) is 6.88. The number of rotatable bonds is 9. The van der Waals surface area contributed by atoms with Gasteiger partial charge in [-0.3, -0.25) is 14.1 Å². The third-order valence-corrected chi connectivity index (χ3v) is 10.1. The van der Waals surface area contributed by atoms with Gasteiger partial charge in [-0.2, -0.15) is 8.42 Å². The number of hydrogen-bond donors (Lipinski definition) is 3. The van der Waals surface area contributed by atoms with E-state index in [1.165, 1.54) is 37.7 Å². The van der Waals surface area contributed by atoms with Gasteiger partial charge in [0, 0.05) is 18.2 Å². The van der Waals surface area contributed by atoms with E-state index in [0.29, 0.717) is 23.8 Å². The van der Waals surface area contributed by atoms with Gasteiger partial charge in [0.2, 0.25) is 5.91 Å². The molecule has 2 aromatic rings. The molecule has 4 saturated carbocycles. The molecule has 4 aliphatic rings. The minimum absolute atomic E-state index is 0.0223. The minimum atomic E-state index is -4.14. The fourth-order valence-electron chi connectivity index (χ4n) is 7.43. The molecular formula is C32H42N2O5S. The van der Waals surface area contributed by atoms with Crippen LogP contribution in [0.3, 0.4) is 0 Å². The van der Waals surface area contributed by atoms with Crippen molar-refractivity contribution in [2.45, 2.75) is 76.7 Å². The molecule has 6 rings (SSSR count). The lowest BCUT2D eigenvalue weighted by molar-refractivity contribution is -0.126. The van der Waals surface area contributed by atoms with Crippen molar-refractivity contribution in [2.75, 3.05) is 12.3 Å². The molecule has 0 spiro atoms. The van der Waals surface area contributed by atoms with E-state index in [4.69, 9.17) is 4.55 Å². The summed E-state index contributed by atoms with van der Waals surface area (Å²) in [4.78, 5) is 26.3. The average Bonchev–Trinajstić information content (AvgIpc) is 2.88. The lowest BCUT2D eigenvalue weighted by Crippen LogP contribution is -2.56. The summed E-state index contributed by atoms with van der Waals surface area (Å²) in [7, 11) is -4.14. The maximum atomic E-state index is 14.0. The Hall–Kier alpha value is -2.71. The van der Waals surface area contributed by atoms with Crippen LogP contribution in [0.15, 0.2) is 48.5 Å². The molecule has 0 saturated heterocycles. The van der Waals surface area contributed by atoms with Gasteiger partial charge in [-0.05, 0) is 96.4 Å². The third-order valence-electron chi connectivity index (χ3n) is 9.33. The van der Waals surface area contributed by atoms with E-state index in [-0.39, 0.29) is 29.8 Å². The highest BCUT2D eigenvalue weighted by Gasteiger charge is 2.49. The van der Waals surface area contributed by atoms with E-state index in [2.05, 4.69) is 55.7 Å². The monoisotopic (exact) mass is 566 g/mol. The summed E-state index contributed by atoms with van der Waals surface area (Å²) >= 11 is 0. The first-order valence-electron chi connectivity index (χ1n) is 14.6. The first-order chi connectivity index (χ1) is 18.9. The Morgan fingerprint density at radius 2 is 1.48 bits per heavy atom. The summed E-state index contributed by atoms with van der Waals surface area (Å²) in [5.74, 6) is 1.68. The normalized spacial score (nSPS) is 26.4. The molecule has 4 fully saturated rings. The molecule has 1 unspecified atom stereocenters. The van der Waals surface area contributed by atoms with Crippen molar-refractivity contribution in [3.63, 3.8) is 0 Å². The molecule has 4 aliphatic carbocycles. The maximum Gasteiger partial charge on any atom is 0.266 e. The van der Waals surface area contributed by atoms with Crippen molar-refractivity contribution in [3.8, 4) is 0 Å². The van der Waals surface area contributed by atoms with Crippen molar-refractivity contribution in [1.82, 2.24) is 10.6 Å². The summed E-state index contributed by atoms with van der Waals surface area (Å²) in [6.45, 7) is 6.37. The van der Waals surface area contributed by atoms with E-state index in [1.807, 2.05) is 12.1 Å². The molecule has 2 aromatic carbocycles. The van der Waals surface area contributed by atoms with Gasteiger partial charge in [0.1, 0.15) is 0 Å². The number of benzene rings is 2. The number of amides is 2. The predicted molar refractivity (Wildman–Crippen MR) is 156 cm³/mol. The molecule has 0 radical (unpaired) electrons. The van der Waals surface area contributed by atoms with Gasteiger partial charge in [0.05, 0.1) is 11.7 Å². The second-order valence-corrected chi connectivity index (χ2v) is 14.9. The van der Waals surface area contributed by atoms with E-state index in [0.717, 1.165) is 23.0 Å². The largest absolute Gasteiger partial charge is 0.352 e. The number of nitrogens with one attached hydrogen (secondary N) is 2. The van der Waals surface area contributed by atoms with Crippen LogP contribution < -0.4 is 10.6 Å². The van der Waals surface area contributed by atoms with Gasteiger partial charge in [-0.25, -0.2) is 0 Å². The first-order valence-corrected chi connectivity index (χ1v) is 16.2. The zero-order chi connectivity index (χ0) is 28.7. The molecule has 0 aliphatic heterocycles. The number of hydrogen-bond acceptors (Lipinski definition) is 4. The number of carbonyl (C=O) groups is 2. The summed E-state index contributed by atoms with van der Waals surface area (Å²) in [6, 6.07) is 15.8. The lowest BCUT2D eigenvalue weighted by atomic mass is 9.54. The van der Waals surface area contributed by atoms with Gasteiger partial charge in [-0.1, -0.05) is 57.2 Å². The van der Waals surface area contributed by atoms with Crippen LogP contribution in [0.25, 0.3) is 0 Å². The third kappa shape index (κ3) is 6.77. The van der Waals surface area contributed by atoms with Crippen LogP contribution in [0.2, 0.25) is 0 Å². The van der Waals surface area contributed by atoms with Gasteiger partial charge < -0.3 is 10.6 Å². The Labute approximate surface area is 238 Å². The van der Waals surface area contributed by atoms with Crippen LogP contribution in [-0.2, 0) is 26.7 Å². The van der Waals surface area contributed by atoms with Crippen LogP contribution in [0.1, 0.15) is 85.8 Å². The molecule has 2 amide bonds. The van der Waals surface area contributed by atoms with Crippen molar-refractivity contribution < 1.29 is 22.6 Å². The summed E-state index contributed by atoms with van der Waals surface area (Å²) in [5, 5.41) is 6.02. The Morgan fingerprint density at radius 1 is 0.900 bits per heavy atom. The molecule has 0 heterocycles. The predicted octanol–water partition coefficient (Wildman–Crippen LogP) is 4.87.